The van der Waals surface area contributed by atoms with E-state index in [2.05, 4.69) is 6.92 Å². The quantitative estimate of drug-likeness (QED) is 0.718. The number of aliphatic hydroxyl groups is 1. The first-order valence-corrected chi connectivity index (χ1v) is 6.47. The van der Waals surface area contributed by atoms with Gasteiger partial charge in [0.15, 0.2) is 0 Å². The van der Waals surface area contributed by atoms with E-state index in [9.17, 15) is 5.11 Å². The van der Waals surface area contributed by atoms with Crippen LogP contribution in [-0.4, -0.2) is 11.2 Å². The predicted molar refractivity (Wildman–Crippen MR) is 59.1 cm³/mol. The Hall–Kier alpha value is -0.0400. The number of fused-ring (bicyclic) bond motifs is 1. The fourth-order valence-electron chi connectivity index (χ4n) is 3.63. The van der Waals surface area contributed by atoms with E-state index in [-0.39, 0.29) is 6.10 Å². The van der Waals surface area contributed by atoms with Crippen molar-refractivity contribution in [3.05, 3.63) is 0 Å². The van der Waals surface area contributed by atoms with Gasteiger partial charge in [-0.05, 0) is 49.9 Å². The molecule has 2 fully saturated rings. The molecule has 1 heteroatoms. The van der Waals surface area contributed by atoms with Gasteiger partial charge >= 0.3 is 0 Å². The molecule has 82 valence electrons. The second kappa shape index (κ2) is 4.65. The molecule has 0 amide bonds. The molecule has 14 heavy (non-hydrogen) atoms. The van der Waals surface area contributed by atoms with E-state index in [0.29, 0.717) is 0 Å². The zero-order valence-corrected chi connectivity index (χ0v) is 9.41. The molecular weight excluding hydrogens is 172 g/mol. The molecule has 1 nitrogen and oxygen atoms in total. The Bertz CT molecular complexity index is 178. The summed E-state index contributed by atoms with van der Waals surface area (Å²) >= 11 is 0. The van der Waals surface area contributed by atoms with Gasteiger partial charge in [-0.1, -0.05) is 26.2 Å². The summed E-state index contributed by atoms with van der Waals surface area (Å²) in [6.07, 6.45) is 10.6. The molecule has 2 aliphatic rings. The Kier molecular flexibility index (Phi) is 3.48. The maximum Gasteiger partial charge on any atom is 0.0543 e. The lowest BCUT2D eigenvalue weighted by atomic mass is 9.66. The normalized spacial score (nSPS) is 43.3. The lowest BCUT2D eigenvalue weighted by Crippen LogP contribution is -2.32. The average molecular weight is 196 g/mol. The molecule has 1 N–H and O–H groups in total. The molecular formula is C13H24O. The fraction of sp³-hybridized carbons (Fsp3) is 1.00. The minimum absolute atomic E-state index is 0.0268. The standard InChI is InChI=1S/C13H24O/c1-2-3-10-4-5-12-9-13(14)7-6-11(12)8-10/h10-14H,2-9H2,1H3/t10-,11-,12+,13-/m1/s1. The molecule has 2 aliphatic carbocycles. The smallest absolute Gasteiger partial charge is 0.0543 e. The topological polar surface area (TPSA) is 20.2 Å². The average Bonchev–Trinajstić information content (AvgIpc) is 2.19. The summed E-state index contributed by atoms with van der Waals surface area (Å²) in [4.78, 5) is 0. The highest BCUT2D eigenvalue weighted by molar-refractivity contribution is 4.85. The van der Waals surface area contributed by atoms with Gasteiger partial charge in [-0.2, -0.15) is 0 Å². The van der Waals surface area contributed by atoms with Crippen molar-refractivity contribution in [1.82, 2.24) is 0 Å². The van der Waals surface area contributed by atoms with Crippen molar-refractivity contribution in [3.63, 3.8) is 0 Å². The van der Waals surface area contributed by atoms with Crippen LogP contribution >= 0.6 is 0 Å². The van der Waals surface area contributed by atoms with Gasteiger partial charge in [-0.3, -0.25) is 0 Å². The number of hydrogen-bond acceptors (Lipinski definition) is 1. The Morgan fingerprint density at radius 1 is 1.00 bits per heavy atom. The highest BCUT2D eigenvalue weighted by atomic mass is 16.3. The van der Waals surface area contributed by atoms with Crippen LogP contribution < -0.4 is 0 Å². The van der Waals surface area contributed by atoms with Gasteiger partial charge in [0.1, 0.15) is 0 Å². The third-order valence-corrected chi connectivity index (χ3v) is 4.39. The van der Waals surface area contributed by atoms with Crippen LogP contribution in [0.25, 0.3) is 0 Å². The zero-order chi connectivity index (χ0) is 9.97. The second-order valence-electron chi connectivity index (χ2n) is 5.45. The second-order valence-corrected chi connectivity index (χ2v) is 5.45. The first kappa shape index (κ1) is 10.5. The van der Waals surface area contributed by atoms with Crippen molar-refractivity contribution in [2.24, 2.45) is 17.8 Å². The first-order valence-electron chi connectivity index (χ1n) is 6.47. The minimum atomic E-state index is 0.0268. The highest BCUT2D eigenvalue weighted by Gasteiger charge is 2.34. The number of rotatable bonds is 2. The monoisotopic (exact) mass is 196 g/mol. The zero-order valence-electron chi connectivity index (χ0n) is 9.41. The number of aliphatic hydroxyl groups excluding tert-OH is 1. The van der Waals surface area contributed by atoms with Gasteiger partial charge in [0.2, 0.25) is 0 Å². The molecule has 0 aromatic carbocycles. The molecule has 0 aliphatic heterocycles. The molecule has 4 atom stereocenters. The molecule has 0 bridgehead atoms. The molecule has 0 spiro atoms. The summed E-state index contributed by atoms with van der Waals surface area (Å²) in [5.74, 6) is 2.84. The molecule has 0 radical (unpaired) electrons. The van der Waals surface area contributed by atoms with E-state index < -0.39 is 0 Å². The molecule has 0 saturated heterocycles. The van der Waals surface area contributed by atoms with Crippen LogP contribution in [0.15, 0.2) is 0 Å². The van der Waals surface area contributed by atoms with Gasteiger partial charge in [-0.15, -0.1) is 0 Å². The first-order chi connectivity index (χ1) is 6.79. The van der Waals surface area contributed by atoms with E-state index >= 15 is 0 Å². The van der Waals surface area contributed by atoms with E-state index in [0.717, 1.165) is 30.6 Å². The van der Waals surface area contributed by atoms with Gasteiger partial charge in [-0.25, -0.2) is 0 Å². The van der Waals surface area contributed by atoms with Crippen LogP contribution in [0.2, 0.25) is 0 Å². The molecule has 0 aromatic heterocycles. The summed E-state index contributed by atoms with van der Waals surface area (Å²) < 4.78 is 0. The van der Waals surface area contributed by atoms with Crippen LogP contribution in [0.3, 0.4) is 0 Å². The van der Waals surface area contributed by atoms with Gasteiger partial charge in [0.25, 0.3) is 0 Å². The summed E-state index contributed by atoms with van der Waals surface area (Å²) in [6, 6.07) is 0. The van der Waals surface area contributed by atoms with Crippen molar-refractivity contribution >= 4 is 0 Å². The van der Waals surface area contributed by atoms with Crippen molar-refractivity contribution in [2.75, 3.05) is 0 Å². The molecule has 0 unspecified atom stereocenters. The Labute approximate surface area is 87.9 Å². The van der Waals surface area contributed by atoms with Gasteiger partial charge < -0.3 is 5.11 Å². The van der Waals surface area contributed by atoms with Gasteiger partial charge in [0, 0.05) is 0 Å². The summed E-state index contributed by atoms with van der Waals surface area (Å²) in [5.41, 5.74) is 0. The lowest BCUT2D eigenvalue weighted by molar-refractivity contribution is 0.0340. The van der Waals surface area contributed by atoms with Gasteiger partial charge in [0.05, 0.1) is 6.10 Å². The Morgan fingerprint density at radius 2 is 1.71 bits per heavy atom. The third-order valence-electron chi connectivity index (χ3n) is 4.39. The highest BCUT2D eigenvalue weighted by Crippen LogP contribution is 2.43. The van der Waals surface area contributed by atoms with E-state index in [1.54, 1.807) is 0 Å². The van der Waals surface area contributed by atoms with E-state index in [1.807, 2.05) is 0 Å². The van der Waals surface area contributed by atoms with Crippen molar-refractivity contribution in [1.29, 1.82) is 0 Å². The van der Waals surface area contributed by atoms with Crippen LogP contribution in [0.4, 0.5) is 0 Å². The summed E-state index contributed by atoms with van der Waals surface area (Å²) in [5, 5.41) is 9.62. The Balaban J connectivity index is 1.85. The molecule has 2 saturated carbocycles. The van der Waals surface area contributed by atoms with Crippen molar-refractivity contribution < 1.29 is 5.11 Å². The van der Waals surface area contributed by atoms with Crippen molar-refractivity contribution in [2.45, 2.75) is 64.4 Å². The van der Waals surface area contributed by atoms with Crippen molar-refractivity contribution in [3.8, 4) is 0 Å². The minimum Gasteiger partial charge on any atom is -0.393 e. The predicted octanol–water partition coefficient (Wildman–Crippen LogP) is 3.36. The molecule has 0 aromatic rings. The maximum absolute atomic E-state index is 9.62. The molecule has 2 rings (SSSR count). The SMILES string of the molecule is CCC[C@@H]1CC[C@H]2C[C@H](O)CC[C@@H]2C1. The summed E-state index contributed by atoms with van der Waals surface area (Å²) in [6.45, 7) is 2.30. The lowest BCUT2D eigenvalue weighted by Gasteiger charge is -2.41. The van der Waals surface area contributed by atoms with Crippen LogP contribution in [-0.2, 0) is 0 Å². The largest absolute Gasteiger partial charge is 0.393 e. The maximum atomic E-state index is 9.62. The number of hydrogen-bond donors (Lipinski definition) is 1. The van der Waals surface area contributed by atoms with Crippen LogP contribution in [0.1, 0.15) is 58.3 Å². The van der Waals surface area contributed by atoms with E-state index in [1.165, 1.54) is 38.5 Å². The molecule has 0 heterocycles. The Morgan fingerprint density at radius 3 is 2.50 bits per heavy atom. The van der Waals surface area contributed by atoms with Crippen LogP contribution in [0.5, 0.6) is 0 Å². The van der Waals surface area contributed by atoms with Crippen LogP contribution in [0, 0.1) is 17.8 Å². The fourth-order valence-corrected chi connectivity index (χ4v) is 3.63. The third kappa shape index (κ3) is 2.31. The van der Waals surface area contributed by atoms with E-state index in [4.69, 9.17) is 0 Å². The summed E-state index contributed by atoms with van der Waals surface area (Å²) in [7, 11) is 0.